The summed E-state index contributed by atoms with van der Waals surface area (Å²) in [4.78, 5) is 4.01. The number of aromatic nitrogens is 1. The van der Waals surface area contributed by atoms with Crippen molar-refractivity contribution in [1.82, 2.24) is 4.98 Å². The number of fused-ring (bicyclic) bond motifs is 1. The lowest BCUT2D eigenvalue weighted by Crippen LogP contribution is -2.19. The van der Waals surface area contributed by atoms with E-state index in [4.69, 9.17) is 11.6 Å². The van der Waals surface area contributed by atoms with E-state index in [0.29, 0.717) is 10.9 Å². The van der Waals surface area contributed by atoms with Gasteiger partial charge in [-0.15, -0.1) is 0 Å². The van der Waals surface area contributed by atoms with E-state index >= 15 is 0 Å². The van der Waals surface area contributed by atoms with Gasteiger partial charge in [-0.3, -0.25) is 4.98 Å². The van der Waals surface area contributed by atoms with Gasteiger partial charge in [0.1, 0.15) is 0 Å². The Morgan fingerprint density at radius 2 is 2.00 bits per heavy atom. The van der Waals surface area contributed by atoms with Crippen molar-refractivity contribution in [1.29, 1.82) is 0 Å². The number of aliphatic hydroxyl groups excluding tert-OH is 1. The summed E-state index contributed by atoms with van der Waals surface area (Å²) in [6, 6.07) is 7.87. The van der Waals surface area contributed by atoms with Crippen molar-refractivity contribution < 1.29 is 13.9 Å². The first kappa shape index (κ1) is 11.2. The van der Waals surface area contributed by atoms with Crippen molar-refractivity contribution in [3.8, 4) is 0 Å². The maximum absolute atomic E-state index is 12.8. The summed E-state index contributed by atoms with van der Waals surface area (Å²) in [5.74, 6) is 0. The van der Waals surface area contributed by atoms with Gasteiger partial charge in [-0.1, -0.05) is 18.2 Å². The Kier molecular flexibility index (Phi) is 2.78. The minimum absolute atomic E-state index is 0.0746. The van der Waals surface area contributed by atoms with E-state index < -0.39 is 11.5 Å². The van der Waals surface area contributed by atoms with E-state index in [9.17, 15) is 13.9 Å². The molecule has 1 aromatic carbocycles. The molecule has 0 radical (unpaired) electrons. The molecule has 0 bridgehead atoms. The number of halogens is 3. The Balaban J connectivity index is 2.61. The lowest BCUT2D eigenvalue weighted by Gasteiger charge is -2.17. The van der Waals surface area contributed by atoms with Gasteiger partial charge in [-0.2, -0.15) is 8.78 Å². The Hall–Kier alpha value is -1.26. The number of pyridine rings is 1. The first-order chi connectivity index (χ1) is 7.50. The van der Waals surface area contributed by atoms with Gasteiger partial charge in [0.2, 0.25) is 0 Å². The molecule has 16 heavy (non-hydrogen) atoms. The molecule has 2 aromatic rings. The summed E-state index contributed by atoms with van der Waals surface area (Å²) in [6.45, 7) is 0. The molecule has 5 heteroatoms. The first-order valence-corrected chi connectivity index (χ1v) is 4.96. The first-order valence-electron chi connectivity index (χ1n) is 4.58. The minimum atomic E-state index is -3.69. The number of hydrogen-bond donors (Lipinski definition) is 1. The molecule has 1 aromatic heterocycles. The highest BCUT2D eigenvalue weighted by molar-refractivity contribution is 6.22. The largest absolute Gasteiger partial charge is 0.381 e. The molecule has 0 aliphatic heterocycles. The van der Waals surface area contributed by atoms with Crippen LogP contribution in [0.5, 0.6) is 0 Å². The molecule has 1 N–H and O–H groups in total. The Labute approximate surface area is 95.5 Å². The van der Waals surface area contributed by atoms with Crippen LogP contribution in [0.15, 0.2) is 36.5 Å². The molecule has 2 nitrogen and oxygen atoms in total. The topological polar surface area (TPSA) is 33.1 Å². The maximum atomic E-state index is 12.8. The Morgan fingerprint density at radius 1 is 1.25 bits per heavy atom. The van der Waals surface area contributed by atoms with Gasteiger partial charge >= 0.3 is 5.38 Å². The molecule has 0 amide bonds. The fraction of sp³-hybridized carbons (Fsp3) is 0.182. The second kappa shape index (κ2) is 3.96. The minimum Gasteiger partial charge on any atom is -0.381 e. The van der Waals surface area contributed by atoms with Crippen molar-refractivity contribution in [3.05, 3.63) is 42.1 Å². The number of rotatable bonds is 2. The number of hydrogen-bond acceptors (Lipinski definition) is 2. The van der Waals surface area contributed by atoms with Crippen LogP contribution < -0.4 is 0 Å². The zero-order valence-electron chi connectivity index (χ0n) is 8.07. The Morgan fingerprint density at radius 3 is 2.69 bits per heavy atom. The van der Waals surface area contributed by atoms with Gasteiger partial charge in [0.25, 0.3) is 0 Å². The van der Waals surface area contributed by atoms with E-state index in [1.165, 1.54) is 6.07 Å². The quantitative estimate of drug-likeness (QED) is 0.823. The van der Waals surface area contributed by atoms with Crippen LogP contribution in [-0.4, -0.2) is 15.5 Å². The van der Waals surface area contributed by atoms with Crippen LogP contribution in [0, 0.1) is 0 Å². The van der Waals surface area contributed by atoms with E-state index in [2.05, 4.69) is 4.98 Å². The third kappa shape index (κ3) is 1.99. The summed E-state index contributed by atoms with van der Waals surface area (Å²) in [6.07, 6.45) is -0.487. The molecule has 84 valence electrons. The molecule has 1 heterocycles. The lowest BCUT2D eigenvalue weighted by atomic mass is 10.0. The molecule has 1 atom stereocenters. The van der Waals surface area contributed by atoms with Crippen LogP contribution in [0.2, 0.25) is 0 Å². The second-order valence-electron chi connectivity index (χ2n) is 3.36. The van der Waals surface area contributed by atoms with Crippen LogP contribution in [0.25, 0.3) is 10.9 Å². The third-order valence-electron chi connectivity index (χ3n) is 2.28. The molecule has 0 aliphatic carbocycles. The van der Waals surface area contributed by atoms with Crippen LogP contribution in [0.4, 0.5) is 8.78 Å². The molecule has 0 saturated carbocycles. The predicted molar refractivity (Wildman–Crippen MR) is 57.5 cm³/mol. The number of aliphatic hydroxyl groups is 1. The number of alkyl halides is 3. The third-order valence-corrected chi connectivity index (χ3v) is 2.49. The average Bonchev–Trinajstić information content (AvgIpc) is 2.26. The van der Waals surface area contributed by atoms with Gasteiger partial charge in [0.05, 0.1) is 5.52 Å². The number of nitrogens with zero attached hydrogens (tertiary/aromatic N) is 1. The van der Waals surface area contributed by atoms with Gasteiger partial charge < -0.3 is 5.11 Å². The van der Waals surface area contributed by atoms with E-state index in [0.717, 1.165) is 0 Å². The summed E-state index contributed by atoms with van der Waals surface area (Å²) < 4.78 is 25.6. The Bertz CT molecular complexity index is 507. The second-order valence-corrected chi connectivity index (χ2v) is 3.87. The zero-order valence-corrected chi connectivity index (χ0v) is 8.83. The van der Waals surface area contributed by atoms with Crippen LogP contribution in [0.1, 0.15) is 11.7 Å². The SMILES string of the molecule is OC(c1cccc2ncccc12)C(F)(F)Cl. The van der Waals surface area contributed by atoms with Gasteiger partial charge in [0.15, 0.2) is 6.10 Å². The highest BCUT2D eigenvalue weighted by Crippen LogP contribution is 2.37. The summed E-state index contributed by atoms with van der Waals surface area (Å²) in [5, 5.41) is 6.23. The molecule has 0 aliphatic rings. The van der Waals surface area contributed by atoms with Crippen molar-refractivity contribution in [2.24, 2.45) is 0 Å². The molecule has 2 rings (SSSR count). The van der Waals surface area contributed by atoms with E-state index in [1.54, 1.807) is 30.5 Å². The highest BCUT2D eigenvalue weighted by Gasteiger charge is 2.37. The summed E-state index contributed by atoms with van der Waals surface area (Å²) in [7, 11) is 0. The smallest absolute Gasteiger partial charge is 0.351 e. The molecule has 1 unspecified atom stereocenters. The highest BCUT2D eigenvalue weighted by atomic mass is 35.5. The van der Waals surface area contributed by atoms with Crippen molar-refractivity contribution in [2.45, 2.75) is 11.5 Å². The van der Waals surface area contributed by atoms with Gasteiger partial charge in [-0.05, 0) is 29.3 Å². The van der Waals surface area contributed by atoms with Crippen LogP contribution in [-0.2, 0) is 0 Å². The standard InChI is InChI=1S/C11H8ClF2NO/c12-11(13,14)10(16)8-3-1-5-9-7(8)4-2-6-15-9/h1-6,10,16H. The van der Waals surface area contributed by atoms with Crippen LogP contribution in [0.3, 0.4) is 0 Å². The normalized spacial score (nSPS) is 14.0. The molecule has 0 saturated heterocycles. The van der Waals surface area contributed by atoms with E-state index in [-0.39, 0.29) is 5.56 Å². The molecular weight excluding hydrogens is 236 g/mol. The van der Waals surface area contributed by atoms with Gasteiger partial charge in [-0.25, -0.2) is 0 Å². The fourth-order valence-corrected chi connectivity index (χ4v) is 1.66. The van der Waals surface area contributed by atoms with Gasteiger partial charge in [0, 0.05) is 11.6 Å². The summed E-state index contributed by atoms with van der Waals surface area (Å²) in [5.41, 5.74) is 0.616. The molecule has 0 spiro atoms. The lowest BCUT2D eigenvalue weighted by molar-refractivity contribution is -0.0417. The number of benzene rings is 1. The monoisotopic (exact) mass is 243 g/mol. The van der Waals surface area contributed by atoms with Crippen molar-refractivity contribution in [2.75, 3.05) is 0 Å². The zero-order chi connectivity index (χ0) is 11.8. The van der Waals surface area contributed by atoms with Crippen LogP contribution >= 0.6 is 11.6 Å². The molecule has 0 fully saturated rings. The van der Waals surface area contributed by atoms with E-state index in [1.807, 2.05) is 0 Å². The fourth-order valence-electron chi connectivity index (χ4n) is 1.54. The van der Waals surface area contributed by atoms with Crippen molar-refractivity contribution >= 4 is 22.5 Å². The average molecular weight is 244 g/mol. The maximum Gasteiger partial charge on any atom is 0.351 e. The molecular formula is C11H8ClF2NO. The summed E-state index contributed by atoms with van der Waals surface area (Å²) >= 11 is 4.81. The predicted octanol–water partition coefficient (Wildman–Crippen LogP) is 3.10. The van der Waals surface area contributed by atoms with Crippen molar-refractivity contribution in [3.63, 3.8) is 0 Å².